The number of hydrogen-bond donors (Lipinski definition) is 2. The number of hydrogen-bond acceptors (Lipinski definition) is 4. The number of anilines is 2. The van der Waals surface area contributed by atoms with Gasteiger partial charge in [-0.05, 0) is 24.3 Å². The Kier molecular flexibility index (Phi) is 3.98. The summed E-state index contributed by atoms with van der Waals surface area (Å²) in [6.45, 7) is 0. The van der Waals surface area contributed by atoms with Crippen LogP contribution in [0.15, 0.2) is 59.3 Å². The molecule has 2 N–H and O–H groups in total. The van der Waals surface area contributed by atoms with E-state index in [9.17, 15) is 14.7 Å². The Morgan fingerprint density at radius 2 is 1.70 bits per heavy atom. The van der Waals surface area contributed by atoms with E-state index >= 15 is 0 Å². The maximum Gasteiger partial charge on any atom is 0.283 e. The van der Waals surface area contributed by atoms with Gasteiger partial charge in [0.25, 0.3) is 11.8 Å². The van der Waals surface area contributed by atoms with E-state index in [1.165, 1.54) is 12.1 Å². The van der Waals surface area contributed by atoms with Crippen molar-refractivity contribution in [2.24, 2.45) is 0 Å². The van der Waals surface area contributed by atoms with E-state index in [4.69, 9.17) is 23.2 Å². The van der Waals surface area contributed by atoms with Crippen LogP contribution in [-0.4, -0.2) is 16.9 Å². The molecule has 7 heteroatoms. The molecule has 0 saturated heterocycles. The number of rotatable bonds is 3. The number of halogens is 2. The molecule has 2 aromatic carbocycles. The Morgan fingerprint density at radius 1 is 0.957 bits per heavy atom. The third kappa shape index (κ3) is 2.76. The van der Waals surface area contributed by atoms with Gasteiger partial charge >= 0.3 is 0 Å². The molecule has 0 bridgehead atoms. The molecule has 0 spiro atoms. The molecule has 0 atom stereocenters. The fourth-order valence-corrected chi connectivity index (χ4v) is 2.62. The molecule has 5 nitrogen and oxygen atoms in total. The number of phenols is 1. The lowest BCUT2D eigenvalue weighted by Gasteiger charge is -2.16. The van der Waals surface area contributed by atoms with Crippen molar-refractivity contribution in [1.29, 1.82) is 0 Å². The van der Waals surface area contributed by atoms with Gasteiger partial charge in [-0.3, -0.25) is 9.59 Å². The standard InChI is InChI=1S/C16H10Cl2N2O3/c17-11-6-1-2-7-12(11)20-15(22)13(18)14(16(20)23)19-9-4-3-5-10(21)8-9/h1-8,19,21H. The molecule has 23 heavy (non-hydrogen) atoms. The molecule has 0 radical (unpaired) electrons. The second kappa shape index (κ2) is 5.95. The number of carbonyl (C=O) groups is 2. The largest absolute Gasteiger partial charge is 0.508 e. The lowest BCUT2D eigenvalue weighted by atomic mass is 10.2. The fraction of sp³-hybridized carbons (Fsp3) is 0. The summed E-state index contributed by atoms with van der Waals surface area (Å²) in [4.78, 5) is 25.8. The zero-order valence-electron chi connectivity index (χ0n) is 11.6. The first-order valence-electron chi connectivity index (χ1n) is 6.58. The minimum absolute atomic E-state index is 0.0199. The molecule has 1 aliphatic heterocycles. The molecule has 0 aliphatic carbocycles. The number of phenolic OH excluding ortho intramolecular Hbond substituents is 1. The molecule has 1 aliphatic rings. The maximum absolute atomic E-state index is 12.5. The molecule has 116 valence electrons. The molecule has 0 saturated carbocycles. The first-order chi connectivity index (χ1) is 11.0. The van der Waals surface area contributed by atoms with Crippen molar-refractivity contribution in [2.45, 2.75) is 0 Å². The summed E-state index contributed by atoms with van der Waals surface area (Å²) in [5.41, 5.74) is 0.623. The monoisotopic (exact) mass is 348 g/mol. The fourth-order valence-electron chi connectivity index (χ4n) is 2.19. The number of nitrogens with one attached hydrogen (secondary N) is 1. The van der Waals surface area contributed by atoms with E-state index in [0.29, 0.717) is 5.69 Å². The van der Waals surface area contributed by atoms with Gasteiger partial charge in [0.1, 0.15) is 16.5 Å². The first kappa shape index (κ1) is 15.4. The van der Waals surface area contributed by atoms with E-state index in [1.54, 1.807) is 36.4 Å². The van der Waals surface area contributed by atoms with Gasteiger partial charge in [0.05, 0.1) is 10.7 Å². The lowest BCUT2D eigenvalue weighted by Crippen LogP contribution is -2.32. The molecular weight excluding hydrogens is 339 g/mol. The number of imide groups is 1. The van der Waals surface area contributed by atoms with E-state index < -0.39 is 11.8 Å². The highest BCUT2D eigenvalue weighted by molar-refractivity contribution is 6.53. The quantitative estimate of drug-likeness (QED) is 0.833. The van der Waals surface area contributed by atoms with Gasteiger partial charge in [0.15, 0.2) is 0 Å². The third-order valence-electron chi connectivity index (χ3n) is 3.24. The van der Waals surface area contributed by atoms with Crippen LogP contribution in [0, 0.1) is 0 Å². The predicted molar refractivity (Wildman–Crippen MR) is 88.6 cm³/mol. The highest BCUT2D eigenvalue weighted by atomic mass is 35.5. The second-order valence-electron chi connectivity index (χ2n) is 4.76. The van der Waals surface area contributed by atoms with Crippen LogP contribution < -0.4 is 10.2 Å². The van der Waals surface area contributed by atoms with Gasteiger partial charge in [-0.2, -0.15) is 0 Å². The third-order valence-corrected chi connectivity index (χ3v) is 3.91. The highest BCUT2D eigenvalue weighted by Crippen LogP contribution is 2.34. The minimum atomic E-state index is -0.660. The number of para-hydroxylation sites is 1. The van der Waals surface area contributed by atoms with Crippen LogP contribution in [0.4, 0.5) is 11.4 Å². The summed E-state index contributed by atoms with van der Waals surface area (Å²) in [5, 5.41) is 12.3. The van der Waals surface area contributed by atoms with E-state index in [0.717, 1.165) is 4.90 Å². The topological polar surface area (TPSA) is 69.6 Å². The SMILES string of the molecule is O=C1C(Cl)=C(Nc2cccc(O)c2)C(=O)N1c1ccccc1Cl. The van der Waals surface area contributed by atoms with Gasteiger partial charge in [-0.25, -0.2) is 4.90 Å². The van der Waals surface area contributed by atoms with Crippen LogP contribution >= 0.6 is 23.2 Å². The highest BCUT2D eigenvalue weighted by Gasteiger charge is 2.39. The average molecular weight is 349 g/mol. The van der Waals surface area contributed by atoms with Crippen molar-refractivity contribution >= 4 is 46.4 Å². The Bertz CT molecular complexity index is 849. The maximum atomic E-state index is 12.5. The summed E-state index contributed by atoms with van der Waals surface area (Å²) >= 11 is 12.1. The molecule has 0 aromatic heterocycles. The molecule has 3 rings (SSSR count). The lowest BCUT2D eigenvalue weighted by molar-refractivity contribution is -0.120. The first-order valence-corrected chi connectivity index (χ1v) is 7.34. The van der Waals surface area contributed by atoms with Gasteiger partial charge in [-0.15, -0.1) is 0 Å². The molecule has 1 heterocycles. The van der Waals surface area contributed by atoms with Crippen LogP contribution in [-0.2, 0) is 9.59 Å². The van der Waals surface area contributed by atoms with Crippen LogP contribution in [0.3, 0.4) is 0 Å². The molecule has 2 amide bonds. The van der Waals surface area contributed by atoms with Crippen molar-refractivity contribution in [2.75, 3.05) is 10.2 Å². The molecule has 0 unspecified atom stereocenters. The van der Waals surface area contributed by atoms with E-state index in [2.05, 4.69) is 5.32 Å². The number of aromatic hydroxyl groups is 1. The van der Waals surface area contributed by atoms with Gasteiger partial charge in [0.2, 0.25) is 0 Å². The Balaban J connectivity index is 1.95. The Hall–Kier alpha value is -2.50. The number of carbonyl (C=O) groups excluding carboxylic acids is 2. The zero-order valence-corrected chi connectivity index (χ0v) is 13.1. The van der Waals surface area contributed by atoms with Gasteiger partial charge in [-0.1, -0.05) is 41.4 Å². The number of benzene rings is 2. The zero-order chi connectivity index (χ0) is 16.6. The van der Waals surface area contributed by atoms with E-state index in [1.807, 2.05) is 0 Å². The van der Waals surface area contributed by atoms with E-state index in [-0.39, 0.29) is 27.2 Å². The van der Waals surface area contributed by atoms with Crippen molar-refractivity contribution in [1.82, 2.24) is 0 Å². The molecule has 0 fully saturated rings. The van der Waals surface area contributed by atoms with Crippen molar-refractivity contribution in [3.63, 3.8) is 0 Å². The second-order valence-corrected chi connectivity index (χ2v) is 5.55. The predicted octanol–water partition coefficient (Wildman–Crippen LogP) is 3.48. The van der Waals surface area contributed by atoms with Crippen LogP contribution in [0.2, 0.25) is 5.02 Å². The van der Waals surface area contributed by atoms with Crippen molar-refractivity contribution < 1.29 is 14.7 Å². The Morgan fingerprint density at radius 3 is 2.39 bits per heavy atom. The average Bonchev–Trinajstić information content (AvgIpc) is 2.72. The summed E-state index contributed by atoms with van der Waals surface area (Å²) in [6.07, 6.45) is 0. The van der Waals surface area contributed by atoms with Gasteiger partial charge < -0.3 is 10.4 Å². The van der Waals surface area contributed by atoms with Crippen LogP contribution in [0.1, 0.15) is 0 Å². The van der Waals surface area contributed by atoms with Crippen molar-refractivity contribution in [3.05, 3.63) is 64.3 Å². The summed E-state index contributed by atoms with van der Waals surface area (Å²) < 4.78 is 0. The Labute approximate surface area is 141 Å². The van der Waals surface area contributed by atoms with Crippen LogP contribution in [0.5, 0.6) is 5.75 Å². The minimum Gasteiger partial charge on any atom is -0.508 e. The number of amides is 2. The molecular formula is C16H10Cl2N2O3. The van der Waals surface area contributed by atoms with Crippen molar-refractivity contribution in [3.8, 4) is 5.75 Å². The normalized spacial score (nSPS) is 14.6. The molecule has 2 aromatic rings. The van der Waals surface area contributed by atoms with Crippen LogP contribution in [0.25, 0.3) is 0 Å². The summed E-state index contributed by atoms with van der Waals surface area (Å²) in [6, 6.07) is 12.6. The van der Waals surface area contributed by atoms with Gasteiger partial charge in [0, 0.05) is 11.8 Å². The smallest absolute Gasteiger partial charge is 0.283 e. The summed E-state index contributed by atoms with van der Waals surface area (Å²) in [5.74, 6) is -1.25. The summed E-state index contributed by atoms with van der Waals surface area (Å²) in [7, 11) is 0. The number of nitrogens with zero attached hydrogens (tertiary/aromatic N) is 1.